The number of methoxy groups -OCH3 is 5. The molecule has 0 fully saturated rings. The number of ether oxygens (including phenoxy) is 5. The van der Waals surface area contributed by atoms with E-state index in [-0.39, 0.29) is 23.0 Å². The van der Waals surface area contributed by atoms with Crippen molar-refractivity contribution in [1.82, 2.24) is 4.98 Å². The zero-order valence-electron chi connectivity index (χ0n) is 24.1. The van der Waals surface area contributed by atoms with E-state index in [1.807, 2.05) is 78.9 Å². The summed E-state index contributed by atoms with van der Waals surface area (Å²) in [5.41, 5.74) is 5.26. The van der Waals surface area contributed by atoms with E-state index in [9.17, 15) is 10.2 Å². The number of phenols is 2. The zero-order chi connectivity index (χ0) is 30.1. The molecule has 1 aromatic heterocycles. The molecule has 0 saturated heterocycles. The van der Waals surface area contributed by atoms with Crippen LogP contribution in [0, 0.1) is 0 Å². The number of nitrogens with zero attached hydrogens (tertiary/aromatic N) is 1. The molecule has 0 bridgehead atoms. The van der Waals surface area contributed by atoms with Crippen LogP contribution in [-0.4, -0.2) is 50.7 Å². The van der Waals surface area contributed by atoms with Crippen molar-refractivity contribution >= 4 is 0 Å². The lowest BCUT2D eigenvalue weighted by Crippen LogP contribution is -1.93. The van der Waals surface area contributed by atoms with Crippen LogP contribution in [0.2, 0.25) is 0 Å². The van der Waals surface area contributed by atoms with Crippen LogP contribution < -0.4 is 23.7 Å². The second kappa shape index (κ2) is 13.8. The molecule has 2 N–H and O–H groups in total. The zero-order valence-corrected chi connectivity index (χ0v) is 24.1. The fraction of sp³-hybridized carbons (Fsp3) is 0.147. The number of phenolic OH excluding ortho intramolecular Hbond substituents is 2. The van der Waals surface area contributed by atoms with Crippen LogP contribution in [0.4, 0.5) is 0 Å². The van der Waals surface area contributed by atoms with Gasteiger partial charge in [-0.3, -0.25) is 0 Å². The van der Waals surface area contributed by atoms with Gasteiger partial charge in [0.05, 0.1) is 35.5 Å². The third kappa shape index (κ3) is 6.33. The largest absolute Gasteiger partial charge is 0.504 e. The first-order chi connectivity index (χ1) is 20.4. The molecule has 5 aromatic rings. The van der Waals surface area contributed by atoms with E-state index in [2.05, 4.69) is 11.1 Å². The van der Waals surface area contributed by atoms with Crippen molar-refractivity contribution in [2.75, 3.05) is 35.5 Å². The summed E-state index contributed by atoms with van der Waals surface area (Å²) in [6.45, 7) is 0. The maximum absolute atomic E-state index is 10.2. The number of rotatable bonds is 8. The number of benzene rings is 4. The van der Waals surface area contributed by atoms with Crippen LogP contribution >= 0.6 is 0 Å². The third-order valence-electron chi connectivity index (χ3n) is 6.54. The van der Waals surface area contributed by atoms with Crippen LogP contribution in [0.3, 0.4) is 0 Å². The molecule has 0 aliphatic heterocycles. The standard InChI is InChI=1S/C20H19NO3.C14H14O4/c1-22-16-9-10-19(23-2)18(13-16)15-7-4-6-14(12-15)17-8-5-11-21-20(17)24-3;1-17-13-11(15)8-10(12(16)14(13)18-2)9-6-4-3-5-7-9/h4-13H,1-3H3;3-8,15-16H,1-2H3. The van der Waals surface area contributed by atoms with Gasteiger partial charge >= 0.3 is 0 Å². The predicted molar refractivity (Wildman–Crippen MR) is 163 cm³/mol. The normalized spacial score (nSPS) is 10.2. The molecular weight excluding hydrogens is 534 g/mol. The second-order valence-electron chi connectivity index (χ2n) is 8.93. The third-order valence-corrected chi connectivity index (χ3v) is 6.54. The van der Waals surface area contributed by atoms with E-state index >= 15 is 0 Å². The highest BCUT2D eigenvalue weighted by Gasteiger charge is 2.20. The van der Waals surface area contributed by atoms with Crippen molar-refractivity contribution in [2.45, 2.75) is 0 Å². The van der Waals surface area contributed by atoms with Gasteiger partial charge in [-0.2, -0.15) is 0 Å². The molecule has 0 unspecified atom stereocenters. The van der Waals surface area contributed by atoms with Crippen molar-refractivity contribution in [1.29, 1.82) is 0 Å². The summed E-state index contributed by atoms with van der Waals surface area (Å²) in [7, 11) is 7.76. The second-order valence-corrected chi connectivity index (χ2v) is 8.93. The van der Waals surface area contributed by atoms with Gasteiger partial charge in [0.1, 0.15) is 11.5 Å². The van der Waals surface area contributed by atoms with Gasteiger partial charge < -0.3 is 33.9 Å². The summed E-state index contributed by atoms with van der Waals surface area (Å²) in [4.78, 5) is 4.27. The Morgan fingerprint density at radius 2 is 1.21 bits per heavy atom. The molecule has 1 heterocycles. The minimum atomic E-state index is -0.0778. The van der Waals surface area contributed by atoms with Crippen LogP contribution in [0.15, 0.2) is 97.2 Å². The molecule has 42 heavy (non-hydrogen) atoms. The molecule has 0 aliphatic rings. The summed E-state index contributed by atoms with van der Waals surface area (Å²) < 4.78 is 26.3. The van der Waals surface area contributed by atoms with Gasteiger partial charge in [-0.05, 0) is 59.2 Å². The Labute approximate surface area is 245 Å². The van der Waals surface area contributed by atoms with Crippen molar-refractivity contribution in [3.63, 3.8) is 0 Å². The lowest BCUT2D eigenvalue weighted by molar-refractivity contribution is 0.317. The van der Waals surface area contributed by atoms with Crippen molar-refractivity contribution in [2.24, 2.45) is 0 Å². The molecule has 0 spiro atoms. The quantitative estimate of drug-likeness (QED) is 0.190. The van der Waals surface area contributed by atoms with Crippen LogP contribution in [-0.2, 0) is 0 Å². The fourth-order valence-corrected chi connectivity index (χ4v) is 4.51. The molecule has 8 heteroatoms. The number of aromatic nitrogens is 1. The van der Waals surface area contributed by atoms with Gasteiger partial charge in [0.15, 0.2) is 11.5 Å². The topological polar surface area (TPSA) is 99.5 Å². The van der Waals surface area contributed by atoms with Gasteiger partial charge in [0.2, 0.25) is 17.4 Å². The van der Waals surface area contributed by atoms with E-state index in [0.29, 0.717) is 11.4 Å². The Morgan fingerprint density at radius 1 is 0.524 bits per heavy atom. The van der Waals surface area contributed by atoms with Gasteiger partial charge in [0, 0.05) is 22.9 Å². The molecule has 8 nitrogen and oxygen atoms in total. The van der Waals surface area contributed by atoms with E-state index < -0.39 is 0 Å². The average Bonchev–Trinajstić information content (AvgIpc) is 3.05. The summed E-state index contributed by atoms with van der Waals surface area (Å²) in [5.74, 6) is 2.30. The molecular formula is C34H33NO7. The Morgan fingerprint density at radius 3 is 1.86 bits per heavy atom. The summed E-state index contributed by atoms with van der Waals surface area (Å²) in [6, 6.07) is 28.5. The van der Waals surface area contributed by atoms with Gasteiger partial charge in [-0.25, -0.2) is 4.98 Å². The monoisotopic (exact) mass is 567 g/mol. The molecule has 0 amide bonds. The minimum Gasteiger partial charge on any atom is -0.504 e. The first-order valence-corrected chi connectivity index (χ1v) is 13.0. The summed E-state index contributed by atoms with van der Waals surface area (Å²) in [6.07, 6.45) is 1.72. The molecule has 0 aliphatic carbocycles. The fourth-order valence-electron chi connectivity index (χ4n) is 4.51. The van der Waals surface area contributed by atoms with E-state index in [1.165, 1.54) is 20.3 Å². The van der Waals surface area contributed by atoms with Crippen molar-refractivity contribution < 1.29 is 33.9 Å². The molecule has 0 saturated carbocycles. The van der Waals surface area contributed by atoms with Crippen LogP contribution in [0.1, 0.15) is 0 Å². The Hall–Kier alpha value is -5.37. The highest BCUT2D eigenvalue weighted by atomic mass is 16.5. The highest BCUT2D eigenvalue weighted by Crippen LogP contribution is 2.48. The van der Waals surface area contributed by atoms with Crippen LogP contribution in [0.5, 0.6) is 40.4 Å². The predicted octanol–water partition coefficient (Wildman–Crippen LogP) is 7.22. The van der Waals surface area contributed by atoms with Crippen LogP contribution in [0.25, 0.3) is 33.4 Å². The molecule has 0 atom stereocenters. The molecule has 216 valence electrons. The summed E-state index contributed by atoms with van der Waals surface area (Å²) in [5, 5.41) is 20.0. The lowest BCUT2D eigenvalue weighted by atomic mass is 9.99. The smallest absolute Gasteiger partial charge is 0.221 e. The Kier molecular flexibility index (Phi) is 9.73. The first-order valence-electron chi connectivity index (χ1n) is 13.0. The molecule has 4 aromatic carbocycles. The average molecular weight is 568 g/mol. The Balaban J connectivity index is 0.000000201. The van der Waals surface area contributed by atoms with E-state index in [1.54, 1.807) is 27.5 Å². The van der Waals surface area contributed by atoms with Crippen molar-refractivity contribution in [3.8, 4) is 73.8 Å². The molecule has 0 radical (unpaired) electrons. The van der Waals surface area contributed by atoms with E-state index in [4.69, 9.17) is 23.7 Å². The minimum absolute atomic E-state index is 0.0571. The lowest BCUT2D eigenvalue weighted by Gasteiger charge is -2.14. The number of hydrogen-bond acceptors (Lipinski definition) is 8. The van der Waals surface area contributed by atoms with Gasteiger partial charge in [0.25, 0.3) is 0 Å². The summed E-state index contributed by atoms with van der Waals surface area (Å²) >= 11 is 0. The van der Waals surface area contributed by atoms with Gasteiger partial charge in [-0.15, -0.1) is 0 Å². The van der Waals surface area contributed by atoms with Crippen molar-refractivity contribution in [3.05, 3.63) is 97.2 Å². The number of pyridine rings is 1. The van der Waals surface area contributed by atoms with E-state index in [0.717, 1.165) is 39.3 Å². The SMILES string of the molecule is COc1c(O)cc(-c2ccccc2)c(O)c1OC.COc1ccc(OC)c(-c2cccc(-c3cccnc3OC)c2)c1. The maximum atomic E-state index is 10.2. The Bertz CT molecular complexity index is 1640. The number of hydrogen-bond donors (Lipinski definition) is 2. The highest BCUT2D eigenvalue weighted by molar-refractivity contribution is 5.79. The number of aromatic hydroxyl groups is 2. The van der Waals surface area contributed by atoms with Gasteiger partial charge in [-0.1, -0.05) is 48.5 Å². The first kappa shape index (κ1) is 29.6. The molecule has 5 rings (SSSR count). The maximum Gasteiger partial charge on any atom is 0.221 e.